The summed E-state index contributed by atoms with van der Waals surface area (Å²) in [4.78, 5) is 30.2. The number of nitrogens with zero attached hydrogens (tertiary/aromatic N) is 2. The van der Waals surface area contributed by atoms with Crippen LogP contribution in [-0.2, 0) is 0 Å². The summed E-state index contributed by atoms with van der Waals surface area (Å²) in [5.41, 5.74) is 1.65. The van der Waals surface area contributed by atoms with Crippen LogP contribution in [-0.4, -0.2) is 30.3 Å². The fourth-order valence-corrected chi connectivity index (χ4v) is 2.42. The molecule has 1 aromatic carbocycles. The minimum atomic E-state index is -0.162. The summed E-state index contributed by atoms with van der Waals surface area (Å²) in [7, 11) is 1.56. The van der Waals surface area contributed by atoms with E-state index in [2.05, 4.69) is 4.98 Å². The maximum atomic E-state index is 12.6. The molecule has 0 saturated heterocycles. The first-order chi connectivity index (χ1) is 10.2. The molecular weight excluding hydrogens is 268 g/mol. The number of amides is 1. The van der Waals surface area contributed by atoms with Gasteiger partial charge in [0.15, 0.2) is 5.78 Å². The fraction of sp³-hybridized carbons (Fsp3) is 0.188. The molecule has 2 heterocycles. The van der Waals surface area contributed by atoms with Crippen LogP contribution in [0.25, 0.3) is 0 Å². The zero-order chi connectivity index (χ0) is 14.8. The Morgan fingerprint density at radius 2 is 2.19 bits per heavy atom. The number of rotatable bonds is 2. The average molecular weight is 282 g/mol. The first-order valence-electron chi connectivity index (χ1n) is 6.64. The Labute approximate surface area is 122 Å². The number of aromatic nitrogens is 1. The van der Waals surface area contributed by atoms with Crippen molar-refractivity contribution >= 4 is 17.4 Å². The number of hydrogen-bond acceptors (Lipinski definition) is 4. The van der Waals surface area contributed by atoms with Crippen molar-refractivity contribution in [1.82, 2.24) is 4.98 Å². The number of carbonyl (C=O) groups is 2. The van der Waals surface area contributed by atoms with Gasteiger partial charge >= 0.3 is 0 Å². The lowest BCUT2D eigenvalue weighted by atomic mass is 9.99. The van der Waals surface area contributed by atoms with E-state index in [1.54, 1.807) is 48.5 Å². The molecule has 1 amide bonds. The quantitative estimate of drug-likeness (QED) is 0.848. The summed E-state index contributed by atoms with van der Waals surface area (Å²) >= 11 is 0. The van der Waals surface area contributed by atoms with Gasteiger partial charge < -0.3 is 9.64 Å². The second-order valence-electron chi connectivity index (χ2n) is 4.75. The second-order valence-corrected chi connectivity index (χ2v) is 4.75. The third kappa shape index (κ3) is 2.38. The number of pyridine rings is 1. The van der Waals surface area contributed by atoms with Gasteiger partial charge in [0.2, 0.25) is 0 Å². The Hall–Kier alpha value is -2.69. The molecule has 0 atom stereocenters. The average Bonchev–Trinajstić information content (AvgIpc) is 2.55. The standard InChI is InChI=1S/C16H14N2O3/c1-21-12-4-5-13-14(9-12)18(8-6-15(13)19)16(20)11-3-2-7-17-10-11/h2-5,7,9-10H,6,8H2,1H3. The van der Waals surface area contributed by atoms with Crippen LogP contribution in [0.2, 0.25) is 0 Å². The Kier molecular flexibility index (Phi) is 3.39. The molecule has 0 saturated carbocycles. The van der Waals surface area contributed by atoms with Crippen molar-refractivity contribution in [2.24, 2.45) is 0 Å². The zero-order valence-electron chi connectivity index (χ0n) is 11.6. The minimum absolute atomic E-state index is 0.0443. The van der Waals surface area contributed by atoms with Gasteiger partial charge in [0, 0.05) is 37.0 Å². The first kappa shape index (κ1) is 13.3. The summed E-state index contributed by atoms with van der Waals surface area (Å²) in [5.74, 6) is 0.500. The maximum Gasteiger partial charge on any atom is 0.259 e. The molecule has 106 valence electrons. The molecule has 0 radical (unpaired) electrons. The third-order valence-electron chi connectivity index (χ3n) is 3.51. The molecule has 0 bridgehead atoms. The normalized spacial score (nSPS) is 13.8. The van der Waals surface area contributed by atoms with E-state index in [4.69, 9.17) is 4.74 Å². The number of ether oxygens (including phenoxy) is 1. The van der Waals surface area contributed by atoms with Crippen molar-refractivity contribution in [2.45, 2.75) is 6.42 Å². The maximum absolute atomic E-state index is 12.6. The van der Waals surface area contributed by atoms with Gasteiger partial charge in [0.05, 0.1) is 18.4 Å². The molecule has 1 aliphatic heterocycles. The van der Waals surface area contributed by atoms with Crippen LogP contribution in [0.15, 0.2) is 42.7 Å². The van der Waals surface area contributed by atoms with E-state index >= 15 is 0 Å². The van der Waals surface area contributed by atoms with Gasteiger partial charge in [-0.2, -0.15) is 0 Å². The number of benzene rings is 1. The highest BCUT2D eigenvalue weighted by Gasteiger charge is 2.28. The number of ketones is 1. The van der Waals surface area contributed by atoms with E-state index in [-0.39, 0.29) is 11.7 Å². The smallest absolute Gasteiger partial charge is 0.259 e. The minimum Gasteiger partial charge on any atom is -0.497 e. The highest BCUT2D eigenvalue weighted by molar-refractivity contribution is 6.13. The molecule has 0 aliphatic carbocycles. The lowest BCUT2D eigenvalue weighted by Crippen LogP contribution is -2.37. The first-order valence-corrected chi connectivity index (χ1v) is 6.64. The summed E-state index contributed by atoms with van der Waals surface area (Å²) in [6.45, 7) is 0.368. The molecule has 1 aliphatic rings. The van der Waals surface area contributed by atoms with Gasteiger partial charge in [-0.3, -0.25) is 14.6 Å². The largest absolute Gasteiger partial charge is 0.497 e. The van der Waals surface area contributed by atoms with Crippen LogP contribution in [0.1, 0.15) is 27.1 Å². The monoisotopic (exact) mass is 282 g/mol. The molecule has 1 aromatic heterocycles. The van der Waals surface area contributed by atoms with Crippen molar-refractivity contribution < 1.29 is 14.3 Å². The van der Waals surface area contributed by atoms with Gasteiger partial charge in [-0.05, 0) is 24.3 Å². The van der Waals surface area contributed by atoms with Crippen molar-refractivity contribution in [3.8, 4) is 5.75 Å². The summed E-state index contributed by atoms with van der Waals surface area (Å²) < 4.78 is 5.19. The van der Waals surface area contributed by atoms with Crippen LogP contribution in [0.3, 0.4) is 0 Å². The van der Waals surface area contributed by atoms with Crippen molar-refractivity contribution in [3.63, 3.8) is 0 Å². The van der Waals surface area contributed by atoms with E-state index < -0.39 is 0 Å². The number of Topliss-reactive ketones (excluding diaryl/α,β-unsaturated/α-hetero) is 1. The fourth-order valence-electron chi connectivity index (χ4n) is 2.42. The topological polar surface area (TPSA) is 59.5 Å². The highest BCUT2D eigenvalue weighted by atomic mass is 16.5. The van der Waals surface area contributed by atoms with Gasteiger partial charge in [-0.15, -0.1) is 0 Å². The van der Waals surface area contributed by atoms with Gasteiger partial charge in [0.25, 0.3) is 5.91 Å². The second kappa shape index (κ2) is 5.36. The highest BCUT2D eigenvalue weighted by Crippen LogP contribution is 2.31. The van der Waals surface area contributed by atoms with Crippen LogP contribution in [0, 0.1) is 0 Å². The molecular formula is C16H14N2O3. The van der Waals surface area contributed by atoms with Crippen LogP contribution in [0.4, 0.5) is 5.69 Å². The molecule has 5 nitrogen and oxygen atoms in total. The molecule has 5 heteroatoms. The molecule has 2 aromatic rings. The van der Waals surface area contributed by atoms with Gasteiger partial charge in [-0.25, -0.2) is 0 Å². The lowest BCUT2D eigenvalue weighted by Gasteiger charge is -2.29. The van der Waals surface area contributed by atoms with Crippen LogP contribution >= 0.6 is 0 Å². The predicted octanol–water partition coefficient (Wildman–Crippen LogP) is 2.32. The van der Waals surface area contributed by atoms with Gasteiger partial charge in [-0.1, -0.05) is 0 Å². The third-order valence-corrected chi connectivity index (χ3v) is 3.51. The number of fused-ring (bicyclic) bond motifs is 1. The Morgan fingerprint density at radius 3 is 2.90 bits per heavy atom. The Bertz CT molecular complexity index is 698. The zero-order valence-corrected chi connectivity index (χ0v) is 11.6. The van der Waals surface area contributed by atoms with E-state index in [1.165, 1.54) is 6.20 Å². The SMILES string of the molecule is COc1ccc2c(c1)N(C(=O)c1cccnc1)CCC2=O. The van der Waals surface area contributed by atoms with E-state index in [1.807, 2.05) is 0 Å². The molecule has 21 heavy (non-hydrogen) atoms. The summed E-state index contributed by atoms with van der Waals surface area (Å²) in [5, 5.41) is 0. The Morgan fingerprint density at radius 1 is 1.33 bits per heavy atom. The lowest BCUT2D eigenvalue weighted by molar-refractivity contribution is 0.0955. The number of anilines is 1. The van der Waals surface area contributed by atoms with Crippen molar-refractivity contribution in [2.75, 3.05) is 18.6 Å². The number of hydrogen-bond donors (Lipinski definition) is 0. The van der Waals surface area contributed by atoms with Gasteiger partial charge in [0.1, 0.15) is 5.75 Å². The number of methoxy groups -OCH3 is 1. The molecule has 3 rings (SSSR count). The predicted molar refractivity (Wildman–Crippen MR) is 77.9 cm³/mol. The number of carbonyl (C=O) groups excluding carboxylic acids is 2. The van der Waals surface area contributed by atoms with Crippen LogP contribution in [0.5, 0.6) is 5.75 Å². The summed E-state index contributed by atoms with van der Waals surface area (Å²) in [6.07, 6.45) is 3.47. The molecule has 0 N–H and O–H groups in total. The van der Waals surface area contributed by atoms with Crippen LogP contribution < -0.4 is 9.64 Å². The van der Waals surface area contributed by atoms with E-state index in [9.17, 15) is 9.59 Å². The molecule has 0 unspecified atom stereocenters. The summed E-state index contributed by atoms with van der Waals surface area (Å²) in [6, 6.07) is 8.59. The Balaban J connectivity index is 2.04. The molecule has 0 spiro atoms. The van der Waals surface area contributed by atoms with Crippen molar-refractivity contribution in [3.05, 3.63) is 53.9 Å². The van der Waals surface area contributed by atoms with E-state index in [0.29, 0.717) is 35.5 Å². The van der Waals surface area contributed by atoms with E-state index in [0.717, 1.165) is 0 Å². The molecule has 0 fully saturated rings. The van der Waals surface area contributed by atoms with Crippen molar-refractivity contribution in [1.29, 1.82) is 0 Å².